The number of aryl methyl sites for hydroxylation is 1. The zero-order chi connectivity index (χ0) is 20.4. The second-order valence-corrected chi connectivity index (χ2v) is 8.37. The lowest BCUT2D eigenvalue weighted by atomic mass is 9.96. The Morgan fingerprint density at radius 3 is 2.83 bits per heavy atom. The maximum atomic E-state index is 13.4. The molecule has 29 heavy (non-hydrogen) atoms. The molecule has 0 saturated heterocycles. The number of aliphatic imine (C=N–C) groups is 1. The third-order valence-corrected chi connectivity index (χ3v) is 5.98. The Kier molecular flexibility index (Phi) is 5.67. The second kappa shape index (κ2) is 8.37. The molecule has 2 aromatic rings. The van der Waals surface area contributed by atoms with Gasteiger partial charge in [0.2, 0.25) is 0 Å². The minimum absolute atomic E-state index is 0.0120. The molecule has 0 spiro atoms. The molecule has 1 atom stereocenters. The maximum absolute atomic E-state index is 13.4. The van der Waals surface area contributed by atoms with Crippen LogP contribution in [0.3, 0.4) is 0 Å². The molecule has 5 nitrogen and oxygen atoms in total. The molecule has 1 unspecified atom stereocenters. The van der Waals surface area contributed by atoms with Crippen molar-refractivity contribution in [1.29, 1.82) is 0 Å². The van der Waals surface area contributed by atoms with E-state index in [1.807, 2.05) is 13.8 Å². The molecular weight excluding hydrogens is 387 g/mol. The number of nitrogens with one attached hydrogen (secondary N) is 1. The van der Waals surface area contributed by atoms with Gasteiger partial charge in [-0.3, -0.25) is 9.79 Å². The highest BCUT2D eigenvalue weighted by Gasteiger charge is 2.26. The maximum Gasteiger partial charge on any atom is 0.299 e. The monoisotopic (exact) mass is 410 g/mol. The van der Waals surface area contributed by atoms with Crippen molar-refractivity contribution in [2.45, 2.75) is 31.9 Å². The van der Waals surface area contributed by atoms with Gasteiger partial charge in [0, 0.05) is 24.3 Å². The third kappa shape index (κ3) is 4.05. The predicted octanol–water partition coefficient (Wildman–Crippen LogP) is 4.59. The van der Waals surface area contributed by atoms with E-state index in [0.717, 1.165) is 47.7 Å². The Labute approximate surface area is 174 Å². The van der Waals surface area contributed by atoms with Crippen LogP contribution in [-0.2, 0) is 6.42 Å². The summed E-state index contributed by atoms with van der Waals surface area (Å²) in [5, 5.41) is 4.17. The average molecular weight is 411 g/mol. The molecule has 0 aliphatic carbocycles. The van der Waals surface area contributed by atoms with Gasteiger partial charge in [0.15, 0.2) is 0 Å². The summed E-state index contributed by atoms with van der Waals surface area (Å²) in [4.78, 5) is 18.5. The fourth-order valence-electron chi connectivity index (χ4n) is 3.80. The highest BCUT2D eigenvalue weighted by atomic mass is 32.2. The first-order chi connectivity index (χ1) is 14.1. The first-order valence-electron chi connectivity index (χ1n) is 9.82. The van der Waals surface area contributed by atoms with Crippen molar-refractivity contribution in [1.82, 2.24) is 5.43 Å². The Bertz CT molecular complexity index is 987. The van der Waals surface area contributed by atoms with Crippen LogP contribution in [0.2, 0.25) is 0 Å². The number of amides is 1. The molecule has 1 amide bonds. The fourth-order valence-corrected chi connectivity index (χ4v) is 4.52. The third-order valence-electron chi connectivity index (χ3n) is 5.10. The van der Waals surface area contributed by atoms with Crippen molar-refractivity contribution in [3.8, 4) is 0 Å². The van der Waals surface area contributed by atoms with Crippen molar-refractivity contribution in [3.63, 3.8) is 0 Å². The molecule has 150 valence electrons. The quantitative estimate of drug-likeness (QED) is 0.595. The number of amidine groups is 1. The number of hydrogen-bond acceptors (Lipinski definition) is 4. The first kappa shape index (κ1) is 19.6. The fraction of sp³-hybridized carbons (Fsp3) is 0.318. The van der Waals surface area contributed by atoms with Gasteiger partial charge in [0.25, 0.3) is 5.24 Å². The Morgan fingerprint density at radius 1 is 1.31 bits per heavy atom. The van der Waals surface area contributed by atoms with Gasteiger partial charge < -0.3 is 4.90 Å². The van der Waals surface area contributed by atoms with Crippen LogP contribution in [0.1, 0.15) is 37.0 Å². The van der Waals surface area contributed by atoms with Gasteiger partial charge in [-0.15, -0.1) is 0 Å². The molecule has 7 heteroatoms. The number of hydrazone groups is 1. The Balaban J connectivity index is 1.70. The van der Waals surface area contributed by atoms with Crippen LogP contribution in [0.25, 0.3) is 0 Å². The first-order valence-corrected chi connectivity index (χ1v) is 10.7. The molecule has 2 aliphatic rings. The molecular formula is C22H23FN4OS. The molecule has 0 aromatic heterocycles. The predicted molar refractivity (Wildman–Crippen MR) is 118 cm³/mol. The minimum atomic E-state index is -0.249. The Morgan fingerprint density at radius 2 is 2.10 bits per heavy atom. The number of nitrogens with zero attached hydrogens (tertiary/aromatic N) is 3. The van der Waals surface area contributed by atoms with Gasteiger partial charge in [-0.2, -0.15) is 5.10 Å². The lowest BCUT2D eigenvalue weighted by Crippen LogP contribution is -2.36. The van der Waals surface area contributed by atoms with E-state index in [2.05, 4.69) is 33.6 Å². The zero-order valence-corrected chi connectivity index (χ0v) is 17.3. The van der Waals surface area contributed by atoms with Crippen LogP contribution in [-0.4, -0.2) is 35.1 Å². The topological polar surface area (TPSA) is 57.1 Å². The van der Waals surface area contributed by atoms with Crippen LogP contribution in [0, 0.1) is 5.82 Å². The highest BCUT2D eigenvalue weighted by molar-refractivity contribution is 8.14. The van der Waals surface area contributed by atoms with Crippen LogP contribution in [0.15, 0.2) is 52.6 Å². The number of carbonyl (C=O) groups is 1. The van der Waals surface area contributed by atoms with Gasteiger partial charge in [0.05, 0.1) is 11.0 Å². The number of halogens is 1. The summed E-state index contributed by atoms with van der Waals surface area (Å²) in [5.74, 6) is 0.619. The summed E-state index contributed by atoms with van der Waals surface area (Å²) in [6.07, 6.45) is 1.98. The van der Waals surface area contributed by atoms with Crippen molar-refractivity contribution in [2.75, 3.05) is 18.0 Å². The zero-order valence-electron chi connectivity index (χ0n) is 16.5. The lowest BCUT2D eigenvalue weighted by Gasteiger charge is -2.33. The second-order valence-electron chi connectivity index (χ2n) is 7.06. The number of carbonyl (C=O) groups excluding carboxylic acids is 1. The van der Waals surface area contributed by atoms with Gasteiger partial charge in [-0.25, -0.2) is 9.82 Å². The van der Waals surface area contributed by atoms with E-state index >= 15 is 0 Å². The number of fused-ring (bicyclic) bond motifs is 1. The van der Waals surface area contributed by atoms with E-state index in [0.29, 0.717) is 6.54 Å². The summed E-state index contributed by atoms with van der Waals surface area (Å²) in [5.41, 5.74) is 7.74. The largest absolute Gasteiger partial charge is 0.326 e. The number of rotatable bonds is 3. The van der Waals surface area contributed by atoms with Crippen molar-refractivity contribution < 1.29 is 9.18 Å². The van der Waals surface area contributed by atoms with Crippen molar-refractivity contribution >= 4 is 34.2 Å². The number of thioether (sulfide) groups is 1. The van der Waals surface area contributed by atoms with E-state index in [9.17, 15) is 9.18 Å². The lowest BCUT2D eigenvalue weighted by molar-refractivity contribution is 0.261. The van der Waals surface area contributed by atoms with Gasteiger partial charge in [-0.1, -0.05) is 17.8 Å². The molecule has 2 heterocycles. The van der Waals surface area contributed by atoms with E-state index in [1.54, 1.807) is 12.1 Å². The van der Waals surface area contributed by atoms with Crippen molar-refractivity contribution in [2.24, 2.45) is 10.1 Å². The van der Waals surface area contributed by atoms with E-state index in [1.165, 1.54) is 29.5 Å². The number of hydrogen-bond donors (Lipinski definition) is 1. The van der Waals surface area contributed by atoms with Crippen LogP contribution in [0.5, 0.6) is 0 Å². The Hall–Kier alpha value is -2.67. The van der Waals surface area contributed by atoms with Crippen LogP contribution >= 0.6 is 11.8 Å². The van der Waals surface area contributed by atoms with E-state index in [-0.39, 0.29) is 16.3 Å². The van der Waals surface area contributed by atoms with Crippen molar-refractivity contribution in [3.05, 3.63) is 65.0 Å². The van der Waals surface area contributed by atoms with E-state index in [4.69, 9.17) is 4.99 Å². The SMILES string of the molecule is CC/N=C(/c1ccc(F)cc1)N1CCCc2cc(C3=NNC(=O)SC3C)ccc21. The molecule has 0 bridgehead atoms. The molecule has 4 rings (SSSR count). The van der Waals surface area contributed by atoms with Gasteiger partial charge in [0.1, 0.15) is 11.7 Å². The minimum Gasteiger partial charge on any atom is -0.326 e. The molecule has 0 saturated carbocycles. The summed E-state index contributed by atoms with van der Waals surface area (Å²) >= 11 is 1.25. The van der Waals surface area contributed by atoms with Crippen LogP contribution < -0.4 is 10.3 Å². The van der Waals surface area contributed by atoms with Gasteiger partial charge in [-0.05, 0) is 74.2 Å². The molecule has 1 N–H and O–H groups in total. The summed E-state index contributed by atoms with van der Waals surface area (Å²) < 4.78 is 13.4. The van der Waals surface area contributed by atoms with E-state index < -0.39 is 0 Å². The normalized spacial score (nSPS) is 19.5. The summed E-state index contributed by atoms with van der Waals surface area (Å²) in [7, 11) is 0. The number of anilines is 1. The number of benzene rings is 2. The summed E-state index contributed by atoms with van der Waals surface area (Å²) in [6.45, 7) is 5.52. The molecule has 0 radical (unpaired) electrons. The standard InChI is InChI=1S/C22H23FN4OS/c1-3-24-21(15-6-9-18(23)10-7-15)27-12-4-5-16-13-17(8-11-19(16)27)20-14(2)29-22(28)26-25-20/h6-11,13-14H,3-5,12H2,1-2H3,(H,26,28)/b24-21-. The smallest absolute Gasteiger partial charge is 0.299 e. The molecule has 2 aliphatic heterocycles. The average Bonchev–Trinajstić information content (AvgIpc) is 2.72. The van der Waals surface area contributed by atoms with Gasteiger partial charge >= 0.3 is 0 Å². The highest BCUT2D eigenvalue weighted by Crippen LogP contribution is 2.31. The molecule has 2 aromatic carbocycles. The van der Waals surface area contributed by atoms with Crippen LogP contribution in [0.4, 0.5) is 14.9 Å². The molecule has 0 fully saturated rings. The summed E-state index contributed by atoms with van der Waals surface area (Å²) in [6, 6.07) is 12.8.